The summed E-state index contributed by atoms with van der Waals surface area (Å²) in [4.78, 5) is 18.8. The molecule has 5 rings (SSSR count). The Kier molecular flexibility index (Phi) is 6.91. The Morgan fingerprint density at radius 2 is 1.97 bits per heavy atom. The van der Waals surface area contributed by atoms with Crippen molar-refractivity contribution in [2.24, 2.45) is 0 Å². The molecule has 0 spiro atoms. The van der Waals surface area contributed by atoms with Gasteiger partial charge in [-0.25, -0.2) is 4.98 Å². The minimum atomic E-state index is -0.496. The summed E-state index contributed by atoms with van der Waals surface area (Å²) < 4.78 is 10.6. The zero-order valence-electron chi connectivity index (χ0n) is 19.9. The lowest BCUT2D eigenvalue weighted by Gasteiger charge is -2.22. The molecule has 0 bridgehead atoms. The normalized spacial score (nSPS) is 12.8. The van der Waals surface area contributed by atoms with E-state index in [1.54, 1.807) is 30.6 Å². The van der Waals surface area contributed by atoms with Gasteiger partial charge < -0.3 is 14.8 Å². The smallest absolute Gasteiger partial charge is 0.297 e. The molecule has 36 heavy (non-hydrogen) atoms. The average molecular weight is 501 g/mol. The molecular formula is C26H24N6O3S. The van der Waals surface area contributed by atoms with E-state index in [0.29, 0.717) is 23.9 Å². The van der Waals surface area contributed by atoms with Crippen LogP contribution < -0.4 is 14.8 Å². The van der Waals surface area contributed by atoms with E-state index in [0.717, 1.165) is 27.6 Å². The van der Waals surface area contributed by atoms with Crippen LogP contribution in [-0.2, 0) is 6.54 Å². The summed E-state index contributed by atoms with van der Waals surface area (Å²) in [6.45, 7) is 0.373. The number of carbonyl (C=O) groups excluding carboxylic acids is 1. The quantitative estimate of drug-likeness (QED) is 0.381. The zero-order valence-corrected chi connectivity index (χ0v) is 20.7. The second-order valence-electron chi connectivity index (χ2n) is 8.32. The fourth-order valence-electron chi connectivity index (χ4n) is 3.72. The van der Waals surface area contributed by atoms with Crippen molar-refractivity contribution in [3.63, 3.8) is 0 Å². The van der Waals surface area contributed by atoms with Gasteiger partial charge in [-0.15, -0.1) is 21.5 Å². The molecule has 4 aromatic rings. The highest BCUT2D eigenvalue weighted by atomic mass is 32.1. The van der Waals surface area contributed by atoms with Crippen LogP contribution in [0.15, 0.2) is 47.8 Å². The number of amides is 1. The van der Waals surface area contributed by atoms with Crippen molar-refractivity contribution < 1.29 is 14.3 Å². The van der Waals surface area contributed by atoms with Gasteiger partial charge in [0.25, 0.3) is 11.7 Å². The van der Waals surface area contributed by atoms with Crippen molar-refractivity contribution >= 4 is 22.9 Å². The summed E-state index contributed by atoms with van der Waals surface area (Å²) in [5, 5.41) is 17.8. The monoisotopic (exact) mass is 500 g/mol. The number of methoxy groups -OCH3 is 2. The number of hydrogen-bond donors (Lipinski definition) is 1. The highest BCUT2D eigenvalue weighted by Gasteiger charge is 2.21. The molecule has 9 nitrogen and oxygen atoms in total. The van der Waals surface area contributed by atoms with Gasteiger partial charge in [0.15, 0.2) is 5.01 Å². The van der Waals surface area contributed by atoms with Crippen LogP contribution in [0, 0.1) is 11.8 Å². The maximum Gasteiger partial charge on any atom is 0.297 e. The molecule has 2 aromatic heterocycles. The molecule has 10 heteroatoms. The maximum absolute atomic E-state index is 12.8. The molecule has 1 fully saturated rings. The highest BCUT2D eigenvalue weighted by Crippen LogP contribution is 2.36. The number of ether oxygens (including phenoxy) is 2. The molecule has 1 aliphatic carbocycles. The van der Waals surface area contributed by atoms with E-state index in [2.05, 4.69) is 42.9 Å². The van der Waals surface area contributed by atoms with Crippen molar-refractivity contribution in [3.8, 4) is 23.3 Å². The van der Waals surface area contributed by atoms with Crippen LogP contribution in [0.2, 0.25) is 0 Å². The first-order chi connectivity index (χ1) is 17.6. The Morgan fingerprint density at radius 1 is 1.14 bits per heavy atom. The van der Waals surface area contributed by atoms with E-state index < -0.39 is 5.91 Å². The zero-order chi connectivity index (χ0) is 24.9. The van der Waals surface area contributed by atoms with E-state index in [1.807, 2.05) is 30.3 Å². The fraction of sp³-hybridized carbons (Fsp3) is 0.269. The Bertz CT molecular complexity index is 1430. The number of benzene rings is 2. The standard InChI is InChI=1S/C26H24N6O3S/c1-34-20-10-6-18(7-11-20)15-32-30-25(29-31-32)26(33)28-21-14-17(8-12-23(21)35-2)9-13-24-27-22(16-36-24)19-4-3-5-19/h6-8,10-12,14,16,19H,3-5,15H2,1-2H3,(H,28,33). The largest absolute Gasteiger partial charge is 0.497 e. The van der Waals surface area contributed by atoms with Crippen LogP contribution in [-0.4, -0.2) is 45.3 Å². The number of aromatic nitrogens is 5. The number of rotatable bonds is 7. The number of tetrazole rings is 1. The predicted octanol–water partition coefficient (Wildman–Crippen LogP) is 4.11. The van der Waals surface area contributed by atoms with E-state index in [9.17, 15) is 4.79 Å². The number of anilines is 1. The third-order valence-corrected chi connectivity index (χ3v) is 6.72. The lowest BCUT2D eigenvalue weighted by Crippen LogP contribution is -2.15. The highest BCUT2D eigenvalue weighted by molar-refractivity contribution is 7.10. The van der Waals surface area contributed by atoms with Crippen LogP contribution in [0.25, 0.3) is 0 Å². The molecule has 0 aliphatic heterocycles. The topological polar surface area (TPSA) is 104 Å². The van der Waals surface area contributed by atoms with Crippen molar-refractivity contribution in [1.82, 2.24) is 25.2 Å². The molecule has 1 saturated carbocycles. The second kappa shape index (κ2) is 10.6. The summed E-state index contributed by atoms with van der Waals surface area (Å²) in [6.07, 6.45) is 3.70. The predicted molar refractivity (Wildman–Crippen MR) is 136 cm³/mol. The van der Waals surface area contributed by atoms with Crippen molar-refractivity contribution in [2.75, 3.05) is 19.5 Å². The summed E-state index contributed by atoms with van der Waals surface area (Å²) in [5.41, 5.74) is 3.29. The van der Waals surface area contributed by atoms with Gasteiger partial charge >= 0.3 is 0 Å². The molecule has 0 atom stereocenters. The minimum absolute atomic E-state index is 0.0478. The summed E-state index contributed by atoms with van der Waals surface area (Å²) in [5.74, 6) is 7.56. The van der Waals surface area contributed by atoms with Crippen LogP contribution in [0.3, 0.4) is 0 Å². The Hall–Kier alpha value is -4.23. The molecule has 1 aliphatic rings. The number of nitrogens with zero attached hydrogens (tertiary/aromatic N) is 5. The van der Waals surface area contributed by atoms with Crippen molar-refractivity contribution in [1.29, 1.82) is 0 Å². The summed E-state index contributed by atoms with van der Waals surface area (Å²) in [6, 6.07) is 12.9. The van der Waals surface area contributed by atoms with E-state index >= 15 is 0 Å². The third-order valence-electron chi connectivity index (χ3n) is 5.95. The molecule has 0 unspecified atom stereocenters. The first-order valence-corrected chi connectivity index (χ1v) is 12.4. The molecular weight excluding hydrogens is 476 g/mol. The van der Waals surface area contributed by atoms with Gasteiger partial charge in [-0.3, -0.25) is 4.79 Å². The van der Waals surface area contributed by atoms with Gasteiger partial charge in [0.1, 0.15) is 11.5 Å². The fourth-order valence-corrected chi connectivity index (χ4v) is 4.46. The summed E-state index contributed by atoms with van der Waals surface area (Å²) >= 11 is 1.56. The first-order valence-electron chi connectivity index (χ1n) is 11.5. The van der Waals surface area contributed by atoms with Crippen molar-refractivity contribution in [2.45, 2.75) is 31.7 Å². The van der Waals surface area contributed by atoms with Crippen LogP contribution in [0.5, 0.6) is 11.5 Å². The van der Waals surface area contributed by atoms with Crippen LogP contribution in [0.4, 0.5) is 5.69 Å². The second-order valence-corrected chi connectivity index (χ2v) is 9.17. The van der Waals surface area contributed by atoms with Crippen LogP contribution in [0.1, 0.15) is 57.6 Å². The van der Waals surface area contributed by atoms with Crippen molar-refractivity contribution in [3.05, 3.63) is 75.5 Å². The number of carbonyl (C=O) groups is 1. The lowest BCUT2D eigenvalue weighted by molar-refractivity contribution is 0.101. The van der Waals surface area contributed by atoms with Gasteiger partial charge in [-0.1, -0.05) is 24.5 Å². The number of hydrogen-bond acceptors (Lipinski definition) is 8. The molecule has 2 heterocycles. The minimum Gasteiger partial charge on any atom is -0.497 e. The van der Waals surface area contributed by atoms with E-state index in [1.165, 1.54) is 31.2 Å². The van der Waals surface area contributed by atoms with Gasteiger partial charge in [0.2, 0.25) is 0 Å². The molecule has 0 radical (unpaired) electrons. The third kappa shape index (κ3) is 5.37. The number of thiazole rings is 1. The maximum atomic E-state index is 12.8. The molecule has 1 amide bonds. The van der Waals surface area contributed by atoms with Gasteiger partial charge in [0, 0.05) is 16.9 Å². The van der Waals surface area contributed by atoms with Gasteiger partial charge in [0.05, 0.1) is 32.1 Å². The molecule has 1 N–H and O–H groups in total. The van der Waals surface area contributed by atoms with Gasteiger partial charge in [-0.05, 0) is 59.9 Å². The SMILES string of the molecule is COc1ccc(Cn2nnc(C(=O)Nc3cc(C#Cc4nc(C5CCC5)cs4)ccc3OC)n2)cc1. The van der Waals surface area contributed by atoms with Gasteiger partial charge in [-0.2, -0.15) is 4.80 Å². The van der Waals surface area contributed by atoms with Crippen LogP contribution >= 0.6 is 11.3 Å². The molecule has 2 aromatic carbocycles. The summed E-state index contributed by atoms with van der Waals surface area (Å²) in [7, 11) is 3.15. The molecule has 182 valence electrons. The van der Waals surface area contributed by atoms with E-state index in [4.69, 9.17) is 9.47 Å². The molecule has 0 saturated heterocycles. The Morgan fingerprint density at radius 3 is 2.69 bits per heavy atom. The average Bonchev–Trinajstić information content (AvgIpc) is 3.52. The van der Waals surface area contributed by atoms with E-state index in [-0.39, 0.29) is 5.82 Å². The first kappa shape index (κ1) is 23.5. The lowest BCUT2D eigenvalue weighted by atomic mass is 9.83. The Balaban J connectivity index is 1.27. The Labute approximate surface area is 212 Å². The number of nitrogens with one attached hydrogen (secondary N) is 1.